The zero-order valence-corrected chi connectivity index (χ0v) is 16.6. The molecule has 2 aromatic rings. The van der Waals surface area contributed by atoms with Crippen molar-refractivity contribution >= 4 is 28.5 Å². The number of amides is 1. The van der Waals surface area contributed by atoms with Crippen LogP contribution in [0.3, 0.4) is 0 Å². The van der Waals surface area contributed by atoms with Crippen molar-refractivity contribution in [2.75, 3.05) is 18.2 Å². The first-order valence-electron chi connectivity index (χ1n) is 9.18. The van der Waals surface area contributed by atoms with Gasteiger partial charge in [0.25, 0.3) is 5.91 Å². The van der Waals surface area contributed by atoms with Crippen molar-refractivity contribution in [1.29, 1.82) is 0 Å². The van der Waals surface area contributed by atoms with Gasteiger partial charge in [-0.3, -0.25) is 9.79 Å². The minimum Gasteiger partial charge on any atom is -0.506 e. The minimum atomic E-state index is -0.808. The number of nitrogens with one attached hydrogen (secondary N) is 1. The van der Waals surface area contributed by atoms with Gasteiger partial charge in [-0.15, -0.1) is 0 Å². The number of methoxy groups -OCH3 is 1. The van der Waals surface area contributed by atoms with Crippen LogP contribution in [-0.4, -0.2) is 40.1 Å². The van der Waals surface area contributed by atoms with Crippen molar-refractivity contribution in [2.45, 2.75) is 24.5 Å². The van der Waals surface area contributed by atoms with E-state index < -0.39 is 17.3 Å². The summed E-state index contributed by atoms with van der Waals surface area (Å²) in [5, 5.41) is 12.5. The number of halogens is 1. The van der Waals surface area contributed by atoms with Crippen molar-refractivity contribution in [3.63, 3.8) is 0 Å². The van der Waals surface area contributed by atoms with E-state index in [1.807, 2.05) is 0 Å². The van der Waals surface area contributed by atoms with Gasteiger partial charge in [-0.2, -0.15) is 0 Å². The molecule has 1 aromatic heterocycles. The first-order valence-corrected chi connectivity index (χ1v) is 10.2. The summed E-state index contributed by atoms with van der Waals surface area (Å²) in [5.41, 5.74) is 6.18. The number of nitrogens with two attached hydrogens (primary N) is 1. The van der Waals surface area contributed by atoms with Crippen molar-refractivity contribution in [3.8, 4) is 5.75 Å². The number of carbonyl (C=O) groups excluding carboxylic acids is 1. The van der Waals surface area contributed by atoms with Gasteiger partial charge in [-0.25, -0.2) is 9.37 Å². The summed E-state index contributed by atoms with van der Waals surface area (Å²) >= 11 is 1.47. The van der Waals surface area contributed by atoms with E-state index in [-0.39, 0.29) is 23.5 Å². The predicted octanol–water partition coefficient (Wildman–Crippen LogP) is 2.86. The zero-order chi connectivity index (χ0) is 20.6. The Labute approximate surface area is 171 Å². The summed E-state index contributed by atoms with van der Waals surface area (Å²) < 4.78 is 20.5. The Morgan fingerprint density at radius 2 is 2.24 bits per heavy atom. The fraction of sp³-hybridized carbons (Fsp3) is 0.350. The Hall–Kier alpha value is -2.65. The maximum Gasteiger partial charge on any atom is 0.274 e. The second-order valence-electron chi connectivity index (χ2n) is 7.23. The van der Waals surface area contributed by atoms with E-state index in [0.29, 0.717) is 22.8 Å². The van der Waals surface area contributed by atoms with Gasteiger partial charge in [0.15, 0.2) is 5.17 Å². The topological polar surface area (TPSA) is 110 Å². The van der Waals surface area contributed by atoms with E-state index in [2.05, 4.69) is 15.3 Å². The van der Waals surface area contributed by atoms with Gasteiger partial charge in [0.05, 0.1) is 17.8 Å². The number of thioether (sulfide) groups is 1. The molecule has 9 heteroatoms. The van der Waals surface area contributed by atoms with Crippen LogP contribution in [0.5, 0.6) is 5.75 Å². The average molecular weight is 416 g/mol. The molecule has 2 aliphatic rings. The first kappa shape index (κ1) is 19.7. The summed E-state index contributed by atoms with van der Waals surface area (Å²) in [6, 6.07) is 7.23. The number of anilines is 1. The zero-order valence-electron chi connectivity index (χ0n) is 15.8. The molecule has 1 amide bonds. The number of amidine groups is 1. The van der Waals surface area contributed by atoms with Crippen molar-refractivity contribution in [3.05, 3.63) is 53.6 Å². The number of rotatable bonds is 4. The molecule has 1 saturated carbocycles. The second-order valence-corrected chi connectivity index (χ2v) is 8.27. The highest BCUT2D eigenvalue weighted by atomic mass is 32.2. The third-order valence-corrected chi connectivity index (χ3v) is 6.46. The van der Waals surface area contributed by atoms with Crippen LogP contribution in [0.1, 0.15) is 28.9 Å². The van der Waals surface area contributed by atoms with E-state index >= 15 is 0 Å². The highest BCUT2D eigenvalue weighted by molar-refractivity contribution is 8.13. The van der Waals surface area contributed by atoms with Crippen LogP contribution in [0, 0.1) is 11.7 Å². The van der Waals surface area contributed by atoms with Crippen molar-refractivity contribution < 1.29 is 19.0 Å². The molecule has 1 aliphatic heterocycles. The van der Waals surface area contributed by atoms with Gasteiger partial charge in [0.2, 0.25) is 0 Å². The lowest BCUT2D eigenvalue weighted by Crippen LogP contribution is -2.37. The molecule has 0 saturated heterocycles. The van der Waals surface area contributed by atoms with Gasteiger partial charge >= 0.3 is 0 Å². The van der Waals surface area contributed by atoms with E-state index in [9.17, 15) is 14.3 Å². The molecule has 2 heterocycles. The molecule has 0 bridgehead atoms. The van der Waals surface area contributed by atoms with Crippen LogP contribution in [0.15, 0.2) is 41.5 Å². The standard InChI is InChI=1S/C20H21FN4O3S/c1-28-14-6-11-10-29-19(22)25-20(11,8-14)15-7-12(2-4-16(15)21)24-18(27)17-5-3-13(26)9-23-17/h2-5,7,9,11,14,26H,6,8,10H2,1H3,(H2,22,25)(H,24,27)/t11-,14+,20-/m0/s1. The fourth-order valence-corrected chi connectivity index (χ4v) is 5.10. The predicted molar refractivity (Wildman–Crippen MR) is 110 cm³/mol. The molecule has 7 nitrogen and oxygen atoms in total. The number of benzene rings is 1. The molecule has 4 N–H and O–H groups in total. The molecule has 3 atom stereocenters. The molecular weight excluding hydrogens is 395 g/mol. The van der Waals surface area contributed by atoms with Crippen molar-refractivity contribution in [1.82, 2.24) is 4.98 Å². The lowest BCUT2D eigenvalue weighted by molar-refractivity contribution is 0.101. The molecule has 1 aliphatic carbocycles. The normalized spacial score (nSPS) is 25.9. The van der Waals surface area contributed by atoms with E-state index in [1.165, 1.54) is 42.2 Å². The third kappa shape index (κ3) is 3.67. The fourth-order valence-electron chi connectivity index (χ4n) is 4.09. The van der Waals surface area contributed by atoms with Crippen LogP contribution in [0.25, 0.3) is 0 Å². The first-order chi connectivity index (χ1) is 13.9. The van der Waals surface area contributed by atoms with Crippen molar-refractivity contribution in [2.24, 2.45) is 16.6 Å². The Morgan fingerprint density at radius 1 is 1.41 bits per heavy atom. The number of aliphatic imine (C=N–C) groups is 1. The number of aromatic hydroxyl groups is 1. The Kier molecular flexibility index (Phi) is 5.18. The van der Waals surface area contributed by atoms with Crippen LogP contribution in [0.2, 0.25) is 0 Å². The number of hydrogen-bond donors (Lipinski definition) is 3. The highest BCUT2D eigenvalue weighted by Gasteiger charge is 2.52. The minimum absolute atomic E-state index is 0.0321. The van der Waals surface area contributed by atoms with E-state index in [1.54, 1.807) is 13.2 Å². The molecule has 4 rings (SSSR count). The molecule has 0 radical (unpaired) electrons. The summed E-state index contributed by atoms with van der Waals surface area (Å²) in [5.74, 6) is -0.0573. The molecule has 29 heavy (non-hydrogen) atoms. The smallest absolute Gasteiger partial charge is 0.274 e. The third-order valence-electron chi connectivity index (χ3n) is 5.51. The van der Waals surface area contributed by atoms with Gasteiger partial charge < -0.3 is 20.9 Å². The number of ether oxygens (including phenoxy) is 1. The van der Waals surface area contributed by atoms with Crippen LogP contribution in [-0.2, 0) is 10.3 Å². The summed E-state index contributed by atoms with van der Waals surface area (Å²) in [6.45, 7) is 0. The lowest BCUT2D eigenvalue weighted by atomic mass is 9.81. The molecule has 0 unspecified atom stereocenters. The number of carbonyl (C=O) groups is 1. The molecule has 1 aromatic carbocycles. The number of pyridine rings is 1. The highest BCUT2D eigenvalue weighted by Crippen LogP contribution is 2.52. The summed E-state index contributed by atoms with van der Waals surface area (Å²) in [4.78, 5) is 21.0. The monoisotopic (exact) mass is 416 g/mol. The molecule has 1 fully saturated rings. The van der Waals surface area contributed by atoms with E-state index in [4.69, 9.17) is 10.5 Å². The number of hydrogen-bond acceptors (Lipinski definition) is 7. The Morgan fingerprint density at radius 3 is 2.97 bits per heavy atom. The number of nitrogens with zero attached hydrogens (tertiary/aromatic N) is 2. The average Bonchev–Trinajstić information content (AvgIpc) is 3.08. The van der Waals surface area contributed by atoms with E-state index in [0.717, 1.165) is 12.2 Å². The Bertz CT molecular complexity index is 969. The lowest BCUT2D eigenvalue weighted by Gasteiger charge is -2.36. The van der Waals surface area contributed by atoms with Crippen LogP contribution >= 0.6 is 11.8 Å². The molecule has 152 valence electrons. The summed E-state index contributed by atoms with van der Waals surface area (Å²) in [6.07, 6.45) is 2.46. The maximum absolute atomic E-state index is 14.9. The van der Waals surface area contributed by atoms with Gasteiger partial charge in [0.1, 0.15) is 17.3 Å². The van der Waals surface area contributed by atoms with Gasteiger partial charge in [-0.05, 0) is 36.8 Å². The summed E-state index contributed by atoms with van der Waals surface area (Å²) in [7, 11) is 1.65. The van der Waals surface area contributed by atoms with Crippen LogP contribution < -0.4 is 11.1 Å². The molecular formula is C20H21FN4O3S. The second kappa shape index (κ2) is 7.64. The quantitative estimate of drug-likeness (QED) is 0.707. The molecule has 0 spiro atoms. The SMILES string of the molecule is CO[C@@H]1C[C@H]2CSC(N)=N[C@@]2(c2cc(NC(=O)c3ccc(O)cn3)ccc2F)C1. The Balaban J connectivity index is 1.68. The number of aromatic nitrogens is 1. The maximum atomic E-state index is 14.9. The van der Waals surface area contributed by atoms with Crippen LogP contribution in [0.4, 0.5) is 10.1 Å². The largest absolute Gasteiger partial charge is 0.506 e. The van der Waals surface area contributed by atoms with Gasteiger partial charge in [-0.1, -0.05) is 11.8 Å². The van der Waals surface area contributed by atoms with Gasteiger partial charge in [0, 0.05) is 36.5 Å². The number of fused-ring (bicyclic) bond motifs is 1.